The van der Waals surface area contributed by atoms with E-state index in [9.17, 15) is 27.2 Å². The molecule has 1 aromatic heterocycles. The smallest absolute Gasteiger partial charge is 0.375 e. The number of likely N-dealkylation sites (N-methyl/N-ethyl adjacent to an activating group) is 1. The summed E-state index contributed by atoms with van der Waals surface area (Å²) < 4.78 is 55.3. The van der Waals surface area contributed by atoms with Crippen molar-refractivity contribution in [2.45, 2.75) is 26.6 Å². The van der Waals surface area contributed by atoms with Crippen LogP contribution >= 0.6 is 11.6 Å². The number of amides is 1. The van der Waals surface area contributed by atoms with Gasteiger partial charge in [0.1, 0.15) is 11.0 Å². The highest BCUT2D eigenvalue weighted by Gasteiger charge is 2.37. The topological polar surface area (TPSA) is 76.0 Å². The van der Waals surface area contributed by atoms with Crippen molar-refractivity contribution in [2.24, 2.45) is 0 Å². The standard InChI is InChI=1S/C19H19ClF4N4O2/c1-4-7-28-13-8-10(14(16(20)25-5-2)17(29)26-6-3)11(21)9-12(13)27-15(18(28)30)19(22,23)24/h4,8-9,25H,1,5-7H2,2-3H3,(H,26,29)/b16-14-. The summed E-state index contributed by atoms with van der Waals surface area (Å²) in [6.45, 7) is 7.06. The van der Waals surface area contributed by atoms with Crippen LogP contribution < -0.4 is 16.2 Å². The Labute approximate surface area is 174 Å². The number of hydrogen-bond acceptors (Lipinski definition) is 4. The lowest BCUT2D eigenvalue weighted by Gasteiger charge is -2.16. The monoisotopic (exact) mass is 446 g/mol. The molecule has 0 atom stereocenters. The molecule has 2 rings (SSSR count). The summed E-state index contributed by atoms with van der Waals surface area (Å²) >= 11 is 6.14. The molecular weight excluding hydrogens is 428 g/mol. The van der Waals surface area contributed by atoms with E-state index in [0.29, 0.717) is 6.54 Å². The number of rotatable bonds is 7. The minimum atomic E-state index is -5.02. The van der Waals surface area contributed by atoms with Gasteiger partial charge >= 0.3 is 6.18 Å². The third kappa shape index (κ3) is 4.64. The number of allylic oxidation sites excluding steroid dienone is 1. The van der Waals surface area contributed by atoms with Crippen LogP contribution in [0.15, 0.2) is 34.7 Å². The van der Waals surface area contributed by atoms with Gasteiger partial charge in [-0.2, -0.15) is 13.2 Å². The zero-order valence-corrected chi connectivity index (χ0v) is 16.9. The molecule has 0 radical (unpaired) electrons. The van der Waals surface area contributed by atoms with Crippen molar-refractivity contribution in [3.63, 3.8) is 0 Å². The van der Waals surface area contributed by atoms with Gasteiger partial charge in [0.05, 0.1) is 16.6 Å². The zero-order chi connectivity index (χ0) is 22.6. The number of benzene rings is 1. The lowest BCUT2D eigenvalue weighted by Crippen LogP contribution is -2.31. The minimum Gasteiger partial charge on any atom is -0.375 e. The fourth-order valence-corrected chi connectivity index (χ4v) is 3.10. The Morgan fingerprint density at radius 3 is 2.43 bits per heavy atom. The van der Waals surface area contributed by atoms with Crippen LogP contribution in [0.1, 0.15) is 25.1 Å². The second kappa shape index (κ2) is 9.29. The van der Waals surface area contributed by atoms with Crippen molar-refractivity contribution >= 4 is 34.1 Å². The van der Waals surface area contributed by atoms with Crippen molar-refractivity contribution in [3.05, 3.63) is 57.4 Å². The third-order valence-corrected chi connectivity index (χ3v) is 4.32. The molecule has 0 spiro atoms. The summed E-state index contributed by atoms with van der Waals surface area (Å²) in [5, 5.41) is 5.06. The highest BCUT2D eigenvalue weighted by molar-refractivity contribution is 6.39. The number of nitrogens with one attached hydrogen (secondary N) is 2. The van der Waals surface area contributed by atoms with E-state index in [1.165, 1.54) is 6.08 Å². The van der Waals surface area contributed by atoms with Crippen LogP contribution in [0, 0.1) is 5.82 Å². The Hall–Kier alpha value is -2.88. The van der Waals surface area contributed by atoms with Gasteiger partial charge in [-0.05, 0) is 19.9 Å². The van der Waals surface area contributed by atoms with Crippen molar-refractivity contribution in [3.8, 4) is 0 Å². The maximum Gasteiger partial charge on any atom is 0.438 e. The van der Waals surface area contributed by atoms with Crippen LogP contribution in [0.4, 0.5) is 17.6 Å². The number of aromatic nitrogens is 2. The van der Waals surface area contributed by atoms with Crippen molar-refractivity contribution in [2.75, 3.05) is 13.1 Å². The molecule has 0 fully saturated rings. The zero-order valence-electron chi connectivity index (χ0n) is 16.2. The van der Waals surface area contributed by atoms with Gasteiger partial charge in [-0.25, -0.2) is 9.37 Å². The highest BCUT2D eigenvalue weighted by Crippen LogP contribution is 2.30. The molecule has 0 saturated carbocycles. The summed E-state index contributed by atoms with van der Waals surface area (Å²) in [5.74, 6) is -1.72. The Kier molecular flexibility index (Phi) is 7.25. The summed E-state index contributed by atoms with van der Waals surface area (Å²) in [6, 6.07) is 1.81. The molecule has 2 aromatic rings. The predicted octanol–water partition coefficient (Wildman–Crippen LogP) is 3.39. The van der Waals surface area contributed by atoms with E-state index >= 15 is 0 Å². The second-order valence-corrected chi connectivity index (χ2v) is 6.44. The van der Waals surface area contributed by atoms with Gasteiger partial charge in [0.15, 0.2) is 0 Å². The average molecular weight is 447 g/mol. The number of fused-ring (bicyclic) bond motifs is 1. The first kappa shape index (κ1) is 23.4. The lowest BCUT2D eigenvalue weighted by molar-refractivity contribution is -0.142. The number of carbonyl (C=O) groups excluding carboxylic acids is 1. The molecule has 1 heterocycles. The lowest BCUT2D eigenvalue weighted by atomic mass is 10.0. The summed E-state index contributed by atoms with van der Waals surface area (Å²) in [6.07, 6.45) is -3.81. The van der Waals surface area contributed by atoms with Gasteiger partial charge in [-0.1, -0.05) is 17.7 Å². The number of alkyl halides is 3. The van der Waals surface area contributed by atoms with Crippen molar-refractivity contribution in [1.82, 2.24) is 20.2 Å². The summed E-state index contributed by atoms with van der Waals surface area (Å²) in [7, 11) is 0. The molecule has 0 bridgehead atoms. The van der Waals surface area contributed by atoms with Crippen LogP contribution in [0.5, 0.6) is 0 Å². The third-order valence-electron chi connectivity index (χ3n) is 4.00. The largest absolute Gasteiger partial charge is 0.438 e. The minimum absolute atomic E-state index is 0.105. The number of nitrogens with zero attached hydrogens (tertiary/aromatic N) is 2. The van der Waals surface area contributed by atoms with Gasteiger partial charge in [0.2, 0.25) is 5.69 Å². The molecule has 1 aromatic carbocycles. The first-order valence-electron chi connectivity index (χ1n) is 8.91. The number of halogens is 5. The molecule has 0 unspecified atom stereocenters. The van der Waals surface area contributed by atoms with Gasteiger partial charge < -0.3 is 15.2 Å². The van der Waals surface area contributed by atoms with Crippen LogP contribution in [-0.2, 0) is 17.5 Å². The maximum absolute atomic E-state index is 14.9. The first-order valence-corrected chi connectivity index (χ1v) is 9.28. The molecule has 30 heavy (non-hydrogen) atoms. The fourth-order valence-electron chi connectivity index (χ4n) is 2.78. The van der Waals surface area contributed by atoms with E-state index in [0.717, 1.165) is 16.7 Å². The molecule has 11 heteroatoms. The molecule has 6 nitrogen and oxygen atoms in total. The normalized spacial score (nSPS) is 12.5. The van der Waals surface area contributed by atoms with Crippen LogP contribution in [0.3, 0.4) is 0 Å². The highest BCUT2D eigenvalue weighted by atomic mass is 35.5. The molecule has 162 valence electrons. The predicted molar refractivity (Wildman–Crippen MR) is 106 cm³/mol. The van der Waals surface area contributed by atoms with Crippen molar-refractivity contribution in [1.29, 1.82) is 0 Å². The fraction of sp³-hybridized carbons (Fsp3) is 0.316. The maximum atomic E-state index is 14.9. The van der Waals surface area contributed by atoms with Gasteiger partial charge in [-0.3, -0.25) is 9.59 Å². The summed E-state index contributed by atoms with van der Waals surface area (Å²) in [5.41, 5.74) is -4.13. The number of hydrogen-bond donors (Lipinski definition) is 2. The van der Waals surface area contributed by atoms with E-state index < -0.39 is 34.7 Å². The van der Waals surface area contributed by atoms with Gasteiger partial charge in [-0.15, -0.1) is 6.58 Å². The SMILES string of the molecule is C=CCn1c(=O)c(C(F)(F)F)nc2cc(F)c(/C(C(=O)NCC)=C(\Cl)NCC)cc21. The molecular formula is C19H19ClF4N4O2. The Balaban J connectivity index is 2.92. The van der Waals surface area contributed by atoms with Crippen LogP contribution in [-0.4, -0.2) is 28.5 Å². The molecule has 1 amide bonds. The number of carbonyl (C=O) groups is 1. The van der Waals surface area contributed by atoms with Gasteiger partial charge in [0.25, 0.3) is 11.5 Å². The van der Waals surface area contributed by atoms with Gasteiger partial charge in [0, 0.05) is 31.3 Å². The van der Waals surface area contributed by atoms with Crippen LogP contribution in [0.2, 0.25) is 0 Å². The van der Waals surface area contributed by atoms with E-state index in [-0.39, 0.29) is 34.9 Å². The molecule has 0 aliphatic heterocycles. The summed E-state index contributed by atoms with van der Waals surface area (Å²) in [4.78, 5) is 28.2. The first-order chi connectivity index (χ1) is 14.1. The average Bonchev–Trinajstić information content (AvgIpc) is 2.64. The Morgan fingerprint density at radius 1 is 1.27 bits per heavy atom. The Bertz CT molecular complexity index is 1080. The molecule has 0 saturated heterocycles. The van der Waals surface area contributed by atoms with E-state index in [1.54, 1.807) is 13.8 Å². The van der Waals surface area contributed by atoms with E-state index in [2.05, 4.69) is 22.2 Å². The van der Waals surface area contributed by atoms with Crippen molar-refractivity contribution < 1.29 is 22.4 Å². The quantitative estimate of drug-likeness (QED) is 0.296. The Morgan fingerprint density at radius 2 is 1.90 bits per heavy atom. The van der Waals surface area contributed by atoms with E-state index in [4.69, 9.17) is 11.6 Å². The van der Waals surface area contributed by atoms with Crippen LogP contribution in [0.25, 0.3) is 16.6 Å². The second-order valence-electron chi connectivity index (χ2n) is 6.06. The van der Waals surface area contributed by atoms with E-state index in [1.807, 2.05) is 0 Å². The molecule has 0 aliphatic carbocycles. The molecule has 2 N–H and O–H groups in total. The molecule has 0 aliphatic rings.